The molecule has 15 heavy (non-hydrogen) atoms. The Morgan fingerprint density at radius 2 is 2.40 bits per heavy atom. The molecule has 0 aromatic rings. The molecular weight excluding hydrogens is 214 g/mol. The van der Waals surface area contributed by atoms with E-state index in [0.717, 1.165) is 12.8 Å². The van der Waals surface area contributed by atoms with E-state index >= 15 is 0 Å². The largest absolute Gasteiger partial charge is 0.377 e. The number of carbonyl (C=O) groups is 1. The summed E-state index contributed by atoms with van der Waals surface area (Å²) in [7, 11) is 0. The van der Waals surface area contributed by atoms with Gasteiger partial charge >= 0.3 is 0 Å². The molecule has 88 valence electrons. The highest BCUT2D eigenvalue weighted by Gasteiger charge is 2.32. The van der Waals surface area contributed by atoms with Crippen LogP contribution in [-0.2, 0) is 9.53 Å². The van der Waals surface area contributed by atoms with Gasteiger partial charge in [-0.15, -0.1) is 11.6 Å². The lowest BCUT2D eigenvalue weighted by Crippen LogP contribution is -2.37. The van der Waals surface area contributed by atoms with Crippen LogP contribution in [0.15, 0.2) is 0 Å². The molecule has 1 aliphatic rings. The van der Waals surface area contributed by atoms with Crippen molar-refractivity contribution in [3.8, 4) is 0 Å². The SMILES string of the molecule is CCC1OCCC1C(=O)NCC(C)CCl. The zero-order chi connectivity index (χ0) is 11.3. The fourth-order valence-electron chi connectivity index (χ4n) is 1.81. The van der Waals surface area contributed by atoms with Crippen molar-refractivity contribution in [2.45, 2.75) is 32.8 Å². The zero-order valence-corrected chi connectivity index (χ0v) is 10.2. The van der Waals surface area contributed by atoms with Crippen LogP contribution in [0.1, 0.15) is 26.7 Å². The molecule has 1 heterocycles. The minimum absolute atomic E-state index is 0.0394. The van der Waals surface area contributed by atoms with E-state index in [2.05, 4.69) is 12.2 Å². The first kappa shape index (κ1) is 12.8. The van der Waals surface area contributed by atoms with Gasteiger partial charge in [0, 0.05) is 19.0 Å². The Hall–Kier alpha value is -0.280. The number of ether oxygens (including phenoxy) is 1. The average molecular weight is 234 g/mol. The van der Waals surface area contributed by atoms with Crippen molar-refractivity contribution in [3.63, 3.8) is 0 Å². The maximum atomic E-state index is 11.8. The molecule has 1 N–H and O–H groups in total. The summed E-state index contributed by atoms with van der Waals surface area (Å²) in [5, 5.41) is 2.94. The fourth-order valence-corrected chi connectivity index (χ4v) is 1.92. The monoisotopic (exact) mass is 233 g/mol. The van der Waals surface area contributed by atoms with Gasteiger partial charge in [-0.3, -0.25) is 4.79 Å². The molecule has 0 spiro atoms. The quantitative estimate of drug-likeness (QED) is 0.736. The number of amides is 1. The predicted octanol–water partition coefficient (Wildman–Crippen LogP) is 1.79. The second kappa shape index (κ2) is 6.33. The van der Waals surface area contributed by atoms with E-state index in [1.807, 2.05) is 6.92 Å². The zero-order valence-electron chi connectivity index (χ0n) is 9.46. The van der Waals surface area contributed by atoms with Gasteiger partial charge in [0.25, 0.3) is 0 Å². The fraction of sp³-hybridized carbons (Fsp3) is 0.909. The lowest BCUT2D eigenvalue weighted by molar-refractivity contribution is -0.126. The van der Waals surface area contributed by atoms with Gasteiger partial charge in [0.1, 0.15) is 0 Å². The second-order valence-electron chi connectivity index (χ2n) is 4.22. The number of rotatable bonds is 5. The third kappa shape index (κ3) is 3.65. The van der Waals surface area contributed by atoms with Crippen molar-refractivity contribution in [1.82, 2.24) is 5.32 Å². The van der Waals surface area contributed by atoms with Gasteiger partial charge in [0.05, 0.1) is 12.0 Å². The van der Waals surface area contributed by atoms with Crippen molar-refractivity contribution in [2.24, 2.45) is 11.8 Å². The summed E-state index contributed by atoms with van der Waals surface area (Å²) < 4.78 is 5.48. The molecule has 1 amide bonds. The number of alkyl halides is 1. The van der Waals surface area contributed by atoms with E-state index < -0.39 is 0 Å². The van der Waals surface area contributed by atoms with E-state index in [1.165, 1.54) is 0 Å². The summed E-state index contributed by atoms with van der Waals surface area (Å²) in [5.41, 5.74) is 0. The van der Waals surface area contributed by atoms with Crippen LogP contribution in [0.25, 0.3) is 0 Å². The average Bonchev–Trinajstić information content (AvgIpc) is 2.73. The molecule has 0 aromatic heterocycles. The molecule has 1 aliphatic heterocycles. The van der Waals surface area contributed by atoms with Gasteiger partial charge in [-0.1, -0.05) is 13.8 Å². The molecule has 4 heteroatoms. The van der Waals surface area contributed by atoms with E-state index in [4.69, 9.17) is 16.3 Å². The summed E-state index contributed by atoms with van der Waals surface area (Å²) in [5.74, 6) is 1.07. The smallest absolute Gasteiger partial charge is 0.225 e. The van der Waals surface area contributed by atoms with Gasteiger partial charge in [0.2, 0.25) is 5.91 Å². The summed E-state index contributed by atoms with van der Waals surface area (Å²) in [6.45, 7) is 5.45. The first-order valence-electron chi connectivity index (χ1n) is 5.64. The normalized spacial score (nSPS) is 27.7. The molecule has 0 radical (unpaired) electrons. The Balaban J connectivity index is 2.33. The molecule has 3 unspecified atom stereocenters. The van der Waals surface area contributed by atoms with Crippen molar-refractivity contribution in [2.75, 3.05) is 19.0 Å². The lowest BCUT2D eigenvalue weighted by atomic mass is 9.98. The molecule has 1 saturated heterocycles. The van der Waals surface area contributed by atoms with Gasteiger partial charge in [0.15, 0.2) is 0 Å². The Labute approximate surface area is 96.5 Å². The molecule has 0 bridgehead atoms. The summed E-state index contributed by atoms with van der Waals surface area (Å²) in [6.07, 6.45) is 1.86. The van der Waals surface area contributed by atoms with E-state index in [1.54, 1.807) is 0 Å². The molecule has 3 nitrogen and oxygen atoms in total. The topological polar surface area (TPSA) is 38.3 Å². The van der Waals surface area contributed by atoms with Crippen LogP contribution < -0.4 is 5.32 Å². The third-order valence-corrected chi connectivity index (χ3v) is 3.36. The molecule has 3 atom stereocenters. The van der Waals surface area contributed by atoms with Crippen LogP contribution >= 0.6 is 11.6 Å². The van der Waals surface area contributed by atoms with Crippen LogP contribution in [0.5, 0.6) is 0 Å². The van der Waals surface area contributed by atoms with E-state index in [9.17, 15) is 4.79 Å². The maximum Gasteiger partial charge on any atom is 0.225 e. The minimum Gasteiger partial charge on any atom is -0.377 e. The Morgan fingerprint density at radius 1 is 1.67 bits per heavy atom. The molecule has 0 saturated carbocycles. The van der Waals surface area contributed by atoms with Gasteiger partial charge in [-0.05, 0) is 18.8 Å². The van der Waals surface area contributed by atoms with Crippen LogP contribution in [0, 0.1) is 11.8 Å². The molecular formula is C11H20ClNO2. The van der Waals surface area contributed by atoms with Crippen LogP contribution in [0.3, 0.4) is 0 Å². The van der Waals surface area contributed by atoms with Gasteiger partial charge in [-0.25, -0.2) is 0 Å². The number of hydrogen-bond donors (Lipinski definition) is 1. The summed E-state index contributed by atoms with van der Waals surface area (Å²) in [4.78, 5) is 11.8. The van der Waals surface area contributed by atoms with E-state index in [0.29, 0.717) is 24.9 Å². The van der Waals surface area contributed by atoms with Gasteiger partial charge in [-0.2, -0.15) is 0 Å². The molecule has 1 rings (SSSR count). The number of halogens is 1. The highest BCUT2D eigenvalue weighted by molar-refractivity contribution is 6.18. The Kier molecular flexibility index (Phi) is 5.40. The highest BCUT2D eigenvalue weighted by Crippen LogP contribution is 2.23. The van der Waals surface area contributed by atoms with Crippen molar-refractivity contribution in [3.05, 3.63) is 0 Å². The Morgan fingerprint density at radius 3 is 3.00 bits per heavy atom. The van der Waals surface area contributed by atoms with Crippen molar-refractivity contribution in [1.29, 1.82) is 0 Å². The van der Waals surface area contributed by atoms with Crippen LogP contribution in [-0.4, -0.2) is 31.0 Å². The standard InChI is InChI=1S/C11H20ClNO2/c1-3-10-9(4-5-15-10)11(14)13-7-8(2)6-12/h8-10H,3-7H2,1-2H3,(H,13,14). The lowest BCUT2D eigenvalue weighted by Gasteiger charge is -2.17. The number of hydrogen-bond acceptors (Lipinski definition) is 2. The molecule has 0 aliphatic carbocycles. The first-order chi connectivity index (χ1) is 7.19. The highest BCUT2D eigenvalue weighted by atomic mass is 35.5. The van der Waals surface area contributed by atoms with Crippen molar-refractivity contribution >= 4 is 17.5 Å². The predicted molar refractivity (Wildman–Crippen MR) is 61.0 cm³/mol. The second-order valence-corrected chi connectivity index (χ2v) is 4.53. The Bertz CT molecular complexity index is 211. The number of carbonyl (C=O) groups excluding carboxylic acids is 1. The van der Waals surface area contributed by atoms with E-state index in [-0.39, 0.29) is 17.9 Å². The first-order valence-corrected chi connectivity index (χ1v) is 6.17. The summed E-state index contributed by atoms with van der Waals surface area (Å²) in [6, 6.07) is 0. The maximum absolute atomic E-state index is 11.8. The van der Waals surface area contributed by atoms with Crippen molar-refractivity contribution < 1.29 is 9.53 Å². The van der Waals surface area contributed by atoms with Gasteiger partial charge < -0.3 is 10.1 Å². The molecule has 0 aromatic carbocycles. The molecule has 1 fully saturated rings. The van der Waals surface area contributed by atoms with Crippen LogP contribution in [0.4, 0.5) is 0 Å². The van der Waals surface area contributed by atoms with Crippen LogP contribution in [0.2, 0.25) is 0 Å². The minimum atomic E-state index is 0.0394. The summed E-state index contributed by atoms with van der Waals surface area (Å²) >= 11 is 5.68. The third-order valence-electron chi connectivity index (χ3n) is 2.84. The number of nitrogens with one attached hydrogen (secondary N) is 1.